The summed E-state index contributed by atoms with van der Waals surface area (Å²) in [5, 5.41) is 0.617. The lowest BCUT2D eigenvalue weighted by molar-refractivity contribution is 0.658. The summed E-state index contributed by atoms with van der Waals surface area (Å²) in [5.41, 5.74) is 1.11. The number of rotatable bonds is 3. The standard InChI is InChI=1S/C12H18ClN3/c1-3-4-10-11(13)14-8-15-12(10)16-6-5-9(2)7-16/h8-9H,3-7H2,1-2H3. The van der Waals surface area contributed by atoms with E-state index in [4.69, 9.17) is 11.6 Å². The SMILES string of the molecule is CCCc1c(Cl)ncnc1N1CCC(C)C1. The summed E-state index contributed by atoms with van der Waals surface area (Å²) < 4.78 is 0. The average Bonchev–Trinajstić information content (AvgIpc) is 2.68. The number of hydrogen-bond donors (Lipinski definition) is 0. The Kier molecular flexibility index (Phi) is 3.64. The molecule has 1 atom stereocenters. The zero-order valence-corrected chi connectivity index (χ0v) is 10.7. The van der Waals surface area contributed by atoms with Crippen LogP contribution in [0.25, 0.3) is 0 Å². The second-order valence-electron chi connectivity index (χ2n) is 4.56. The van der Waals surface area contributed by atoms with Gasteiger partial charge in [0.1, 0.15) is 17.3 Å². The van der Waals surface area contributed by atoms with Crippen molar-refractivity contribution in [1.82, 2.24) is 9.97 Å². The summed E-state index contributed by atoms with van der Waals surface area (Å²) in [6.45, 7) is 6.61. The van der Waals surface area contributed by atoms with Crippen LogP contribution in [0.5, 0.6) is 0 Å². The minimum atomic E-state index is 0.617. The Labute approximate surface area is 102 Å². The van der Waals surface area contributed by atoms with Crippen molar-refractivity contribution in [2.24, 2.45) is 5.92 Å². The number of aromatic nitrogens is 2. The van der Waals surface area contributed by atoms with E-state index in [2.05, 4.69) is 28.7 Å². The highest BCUT2D eigenvalue weighted by Gasteiger charge is 2.23. The first-order valence-corrected chi connectivity index (χ1v) is 6.34. The fourth-order valence-electron chi connectivity index (χ4n) is 2.25. The first-order chi connectivity index (χ1) is 7.72. The van der Waals surface area contributed by atoms with E-state index in [-0.39, 0.29) is 0 Å². The summed E-state index contributed by atoms with van der Waals surface area (Å²) in [4.78, 5) is 10.8. The third kappa shape index (κ3) is 2.29. The molecule has 88 valence electrons. The number of anilines is 1. The van der Waals surface area contributed by atoms with E-state index in [1.165, 1.54) is 6.42 Å². The minimum absolute atomic E-state index is 0.617. The molecule has 0 saturated carbocycles. The molecule has 1 aromatic heterocycles. The Hall–Kier alpha value is -0.830. The van der Waals surface area contributed by atoms with Gasteiger partial charge in [-0.15, -0.1) is 0 Å². The molecule has 4 heteroatoms. The van der Waals surface area contributed by atoms with E-state index < -0.39 is 0 Å². The van der Waals surface area contributed by atoms with Crippen LogP contribution in [0.1, 0.15) is 32.3 Å². The largest absolute Gasteiger partial charge is 0.356 e. The highest BCUT2D eigenvalue weighted by molar-refractivity contribution is 6.30. The Morgan fingerprint density at radius 1 is 1.50 bits per heavy atom. The smallest absolute Gasteiger partial charge is 0.137 e. The van der Waals surface area contributed by atoms with Gasteiger partial charge in [0.15, 0.2) is 0 Å². The Balaban J connectivity index is 2.28. The maximum absolute atomic E-state index is 6.15. The molecular formula is C12H18ClN3. The zero-order chi connectivity index (χ0) is 11.5. The molecule has 1 aliphatic rings. The fourth-order valence-corrected chi connectivity index (χ4v) is 2.47. The zero-order valence-electron chi connectivity index (χ0n) is 9.91. The second-order valence-corrected chi connectivity index (χ2v) is 4.91. The van der Waals surface area contributed by atoms with Gasteiger partial charge in [-0.3, -0.25) is 0 Å². The normalized spacial score (nSPS) is 20.4. The topological polar surface area (TPSA) is 29.0 Å². The van der Waals surface area contributed by atoms with Crippen molar-refractivity contribution in [1.29, 1.82) is 0 Å². The number of nitrogens with zero attached hydrogens (tertiary/aromatic N) is 3. The molecule has 2 heterocycles. The molecule has 0 bridgehead atoms. The molecule has 0 aromatic carbocycles. The lowest BCUT2D eigenvalue weighted by Gasteiger charge is -2.20. The molecule has 1 unspecified atom stereocenters. The molecular weight excluding hydrogens is 222 g/mol. The van der Waals surface area contributed by atoms with Gasteiger partial charge in [0.05, 0.1) is 0 Å². The first-order valence-electron chi connectivity index (χ1n) is 5.96. The molecule has 1 fully saturated rings. The van der Waals surface area contributed by atoms with E-state index >= 15 is 0 Å². The second kappa shape index (κ2) is 5.00. The maximum Gasteiger partial charge on any atom is 0.137 e. The van der Waals surface area contributed by atoms with Crippen LogP contribution in [0.3, 0.4) is 0 Å². The van der Waals surface area contributed by atoms with Gasteiger partial charge in [0.2, 0.25) is 0 Å². The minimum Gasteiger partial charge on any atom is -0.356 e. The lowest BCUT2D eigenvalue weighted by atomic mass is 10.1. The predicted molar refractivity (Wildman–Crippen MR) is 67.0 cm³/mol. The van der Waals surface area contributed by atoms with Gasteiger partial charge in [-0.25, -0.2) is 9.97 Å². The average molecular weight is 240 g/mol. The molecule has 0 radical (unpaired) electrons. The van der Waals surface area contributed by atoms with Crippen LogP contribution in [0.2, 0.25) is 5.15 Å². The van der Waals surface area contributed by atoms with Gasteiger partial charge >= 0.3 is 0 Å². The molecule has 2 rings (SSSR count). The third-order valence-corrected chi connectivity index (χ3v) is 3.42. The molecule has 0 aliphatic carbocycles. The van der Waals surface area contributed by atoms with E-state index in [1.54, 1.807) is 6.33 Å². The summed E-state index contributed by atoms with van der Waals surface area (Å²) in [6.07, 6.45) is 4.84. The van der Waals surface area contributed by atoms with Gasteiger partial charge in [-0.2, -0.15) is 0 Å². The van der Waals surface area contributed by atoms with Crippen LogP contribution in [-0.4, -0.2) is 23.1 Å². The van der Waals surface area contributed by atoms with Crippen molar-refractivity contribution in [3.05, 3.63) is 17.0 Å². The van der Waals surface area contributed by atoms with Crippen LogP contribution in [0.15, 0.2) is 6.33 Å². The molecule has 1 saturated heterocycles. The maximum atomic E-state index is 6.15. The Bertz CT molecular complexity index is 367. The van der Waals surface area contributed by atoms with Crippen molar-refractivity contribution in [2.75, 3.05) is 18.0 Å². The van der Waals surface area contributed by atoms with E-state index in [1.807, 2.05) is 0 Å². The fraction of sp³-hybridized carbons (Fsp3) is 0.667. The first kappa shape index (κ1) is 11.6. The third-order valence-electron chi connectivity index (χ3n) is 3.09. The van der Waals surface area contributed by atoms with Gasteiger partial charge in [-0.05, 0) is 18.8 Å². The van der Waals surface area contributed by atoms with Crippen LogP contribution in [-0.2, 0) is 6.42 Å². The molecule has 1 aliphatic heterocycles. The summed E-state index contributed by atoms with van der Waals surface area (Å²) in [7, 11) is 0. The van der Waals surface area contributed by atoms with Gasteiger partial charge in [0, 0.05) is 18.7 Å². The van der Waals surface area contributed by atoms with Crippen molar-refractivity contribution in [3.63, 3.8) is 0 Å². The molecule has 16 heavy (non-hydrogen) atoms. The highest BCUT2D eigenvalue weighted by atomic mass is 35.5. The van der Waals surface area contributed by atoms with E-state index in [9.17, 15) is 0 Å². The van der Waals surface area contributed by atoms with Gasteiger partial charge in [-0.1, -0.05) is 31.9 Å². The van der Waals surface area contributed by atoms with Gasteiger partial charge < -0.3 is 4.90 Å². The van der Waals surface area contributed by atoms with Crippen LogP contribution in [0, 0.1) is 5.92 Å². The quantitative estimate of drug-likeness (QED) is 0.760. The Morgan fingerprint density at radius 2 is 2.31 bits per heavy atom. The van der Waals surface area contributed by atoms with E-state index in [0.29, 0.717) is 5.15 Å². The molecule has 0 amide bonds. The lowest BCUT2D eigenvalue weighted by Crippen LogP contribution is -2.22. The van der Waals surface area contributed by atoms with Crippen LogP contribution >= 0.6 is 11.6 Å². The van der Waals surface area contributed by atoms with Crippen molar-refractivity contribution in [3.8, 4) is 0 Å². The predicted octanol–water partition coefficient (Wildman–Crippen LogP) is 2.93. The van der Waals surface area contributed by atoms with E-state index in [0.717, 1.165) is 43.2 Å². The summed E-state index contributed by atoms with van der Waals surface area (Å²) in [5.74, 6) is 1.80. The van der Waals surface area contributed by atoms with Gasteiger partial charge in [0.25, 0.3) is 0 Å². The highest BCUT2D eigenvalue weighted by Crippen LogP contribution is 2.28. The van der Waals surface area contributed by atoms with Crippen LogP contribution < -0.4 is 4.90 Å². The number of halogens is 1. The molecule has 1 aromatic rings. The van der Waals surface area contributed by atoms with Crippen molar-refractivity contribution >= 4 is 17.4 Å². The van der Waals surface area contributed by atoms with Crippen LogP contribution in [0.4, 0.5) is 5.82 Å². The Morgan fingerprint density at radius 3 is 2.94 bits per heavy atom. The number of hydrogen-bond acceptors (Lipinski definition) is 3. The molecule has 3 nitrogen and oxygen atoms in total. The van der Waals surface area contributed by atoms with Crippen molar-refractivity contribution in [2.45, 2.75) is 33.1 Å². The monoisotopic (exact) mass is 239 g/mol. The van der Waals surface area contributed by atoms with Crippen molar-refractivity contribution < 1.29 is 0 Å². The summed E-state index contributed by atoms with van der Waals surface area (Å²) in [6, 6.07) is 0. The summed E-state index contributed by atoms with van der Waals surface area (Å²) >= 11 is 6.15. The molecule has 0 spiro atoms. The molecule has 0 N–H and O–H groups in total.